The minimum atomic E-state index is -0.558. The molecular formula is C10H19NO7. The van der Waals surface area contributed by atoms with Gasteiger partial charge in [-0.2, -0.15) is 0 Å². The minimum absolute atomic E-state index is 0.139. The first-order valence-corrected chi connectivity index (χ1v) is 6.02. The van der Waals surface area contributed by atoms with E-state index in [0.29, 0.717) is 26.2 Å². The Bertz CT molecular complexity index is 252. The minimum Gasteiger partial charge on any atom is -0.388 e. The summed E-state index contributed by atoms with van der Waals surface area (Å²) in [7, 11) is 0. The first-order valence-electron chi connectivity index (χ1n) is 6.02. The van der Waals surface area contributed by atoms with E-state index in [2.05, 4.69) is 4.84 Å². The number of unbranched alkanes of at least 4 members (excludes halogenated alkanes) is 1. The molecule has 0 spiro atoms. The summed E-state index contributed by atoms with van der Waals surface area (Å²) >= 11 is 0. The molecule has 0 aromatic carbocycles. The van der Waals surface area contributed by atoms with Crippen molar-refractivity contribution in [1.82, 2.24) is 5.39 Å². The maximum atomic E-state index is 9.54. The molecule has 2 aliphatic heterocycles. The first-order chi connectivity index (χ1) is 8.68. The van der Waals surface area contributed by atoms with Gasteiger partial charge in [-0.15, -0.1) is 0 Å². The van der Waals surface area contributed by atoms with Gasteiger partial charge < -0.3 is 19.3 Å². The van der Waals surface area contributed by atoms with Gasteiger partial charge in [0.05, 0.1) is 25.2 Å². The molecule has 3 N–H and O–H groups in total. The monoisotopic (exact) mass is 265 g/mol. The van der Waals surface area contributed by atoms with Crippen LogP contribution in [0.3, 0.4) is 0 Å². The molecule has 18 heavy (non-hydrogen) atoms. The van der Waals surface area contributed by atoms with Crippen molar-refractivity contribution in [3.8, 4) is 0 Å². The summed E-state index contributed by atoms with van der Waals surface area (Å²) in [6, 6.07) is 0. The maximum absolute atomic E-state index is 9.54. The van der Waals surface area contributed by atoms with E-state index < -0.39 is 6.10 Å². The number of fused-ring (bicyclic) bond motifs is 1. The second kappa shape index (κ2) is 6.73. The van der Waals surface area contributed by atoms with Crippen molar-refractivity contribution >= 4 is 0 Å². The lowest BCUT2D eigenvalue weighted by Crippen LogP contribution is -2.33. The molecule has 106 valence electrons. The molecule has 0 aliphatic carbocycles. The summed E-state index contributed by atoms with van der Waals surface area (Å²) in [5, 5.41) is 25.8. The number of rotatable bonds is 7. The number of aliphatic hydroxyl groups is 1. The molecule has 2 heterocycles. The van der Waals surface area contributed by atoms with Gasteiger partial charge in [-0.25, -0.2) is 0 Å². The highest BCUT2D eigenvalue weighted by Gasteiger charge is 2.47. The largest absolute Gasteiger partial charge is 0.388 e. The molecule has 2 saturated heterocycles. The Kier molecular flexibility index (Phi) is 5.27. The second-order valence-electron chi connectivity index (χ2n) is 4.37. The van der Waals surface area contributed by atoms with E-state index in [9.17, 15) is 5.11 Å². The predicted octanol–water partition coefficient (Wildman–Crippen LogP) is -0.678. The van der Waals surface area contributed by atoms with E-state index in [0.717, 1.165) is 6.42 Å². The molecule has 0 aromatic rings. The van der Waals surface area contributed by atoms with Crippen molar-refractivity contribution in [1.29, 1.82) is 0 Å². The maximum Gasteiger partial charge on any atom is 0.115 e. The zero-order valence-corrected chi connectivity index (χ0v) is 9.97. The van der Waals surface area contributed by atoms with E-state index in [1.165, 1.54) is 0 Å². The van der Waals surface area contributed by atoms with Gasteiger partial charge in [0.15, 0.2) is 0 Å². The summed E-state index contributed by atoms with van der Waals surface area (Å²) < 4.78 is 16.4. The van der Waals surface area contributed by atoms with Crippen molar-refractivity contribution < 1.29 is 34.6 Å². The lowest BCUT2D eigenvalue weighted by Gasteiger charge is -2.16. The van der Waals surface area contributed by atoms with Gasteiger partial charge in [0.25, 0.3) is 0 Å². The van der Waals surface area contributed by atoms with Crippen LogP contribution in [0.2, 0.25) is 0 Å². The third-order valence-electron chi connectivity index (χ3n) is 3.06. The van der Waals surface area contributed by atoms with E-state index in [4.69, 9.17) is 24.6 Å². The molecule has 0 saturated carbocycles. The highest BCUT2D eigenvalue weighted by molar-refractivity contribution is 4.94. The van der Waals surface area contributed by atoms with E-state index in [1.54, 1.807) is 0 Å². The smallest absolute Gasteiger partial charge is 0.115 e. The average molecular weight is 265 g/mol. The van der Waals surface area contributed by atoms with Crippen LogP contribution in [-0.4, -0.2) is 71.8 Å². The quantitative estimate of drug-likeness (QED) is 0.411. The molecule has 0 aromatic heterocycles. The number of aliphatic hydroxyl groups excluding tert-OH is 1. The summed E-state index contributed by atoms with van der Waals surface area (Å²) in [4.78, 5) is 4.40. The van der Waals surface area contributed by atoms with Gasteiger partial charge in [0, 0.05) is 6.61 Å². The topological polar surface area (TPSA) is 101 Å². The van der Waals surface area contributed by atoms with Crippen molar-refractivity contribution in [2.24, 2.45) is 0 Å². The summed E-state index contributed by atoms with van der Waals surface area (Å²) in [6.45, 7) is 1.45. The van der Waals surface area contributed by atoms with Gasteiger partial charge >= 0.3 is 0 Å². The van der Waals surface area contributed by atoms with Crippen molar-refractivity contribution in [2.45, 2.75) is 37.3 Å². The fourth-order valence-corrected chi connectivity index (χ4v) is 2.17. The van der Waals surface area contributed by atoms with Crippen molar-refractivity contribution in [3.63, 3.8) is 0 Å². The van der Waals surface area contributed by atoms with Crippen LogP contribution in [-0.2, 0) is 19.0 Å². The second-order valence-corrected chi connectivity index (χ2v) is 4.37. The Morgan fingerprint density at radius 3 is 2.56 bits per heavy atom. The average Bonchev–Trinajstić information content (AvgIpc) is 2.88. The normalized spacial score (nSPS) is 35.3. The van der Waals surface area contributed by atoms with E-state index >= 15 is 0 Å². The molecule has 0 unspecified atom stereocenters. The highest BCUT2D eigenvalue weighted by Crippen LogP contribution is 2.28. The van der Waals surface area contributed by atoms with Crippen LogP contribution in [0.5, 0.6) is 0 Å². The molecule has 2 aliphatic rings. The lowest BCUT2D eigenvalue weighted by molar-refractivity contribution is -0.492. The molecule has 0 radical (unpaired) electrons. The highest BCUT2D eigenvalue weighted by atomic mass is 17.1. The Morgan fingerprint density at radius 1 is 1.06 bits per heavy atom. The SMILES string of the molecule is O[C@@H]1CO[C@H]2[C@@H]1OC[C@H]2OCCCCON(O)O. The van der Waals surface area contributed by atoms with Crippen LogP contribution in [0.25, 0.3) is 0 Å². The van der Waals surface area contributed by atoms with Crippen molar-refractivity contribution in [2.75, 3.05) is 26.4 Å². The predicted molar refractivity (Wildman–Crippen MR) is 55.8 cm³/mol. The number of hydrogen-bond acceptors (Lipinski definition) is 8. The third kappa shape index (κ3) is 3.59. The molecule has 0 bridgehead atoms. The fourth-order valence-electron chi connectivity index (χ4n) is 2.17. The first kappa shape index (κ1) is 14.1. The Balaban J connectivity index is 1.55. The lowest BCUT2D eigenvalue weighted by atomic mass is 10.1. The zero-order chi connectivity index (χ0) is 13.0. The molecule has 2 rings (SSSR count). The molecule has 8 nitrogen and oxygen atoms in total. The molecule has 2 fully saturated rings. The van der Waals surface area contributed by atoms with Crippen LogP contribution in [0.15, 0.2) is 0 Å². The standard InChI is InChI=1S/C10H19NO7/c12-7-5-16-10-8(6-17-9(7)10)15-3-1-2-4-18-11(13)14/h7-10,12-14H,1-6H2/t7-,8-,9-,10-/m1/s1. The number of nitrogens with zero attached hydrogens (tertiary/aromatic N) is 1. The summed E-state index contributed by atoms with van der Waals surface area (Å²) in [5.74, 6) is 0. The Labute approximate surface area is 104 Å². The van der Waals surface area contributed by atoms with Gasteiger partial charge in [-0.3, -0.25) is 15.3 Å². The van der Waals surface area contributed by atoms with Gasteiger partial charge in [-0.1, -0.05) is 0 Å². The molecule has 8 heteroatoms. The van der Waals surface area contributed by atoms with Crippen LogP contribution < -0.4 is 0 Å². The van der Waals surface area contributed by atoms with Crippen LogP contribution in [0, 0.1) is 0 Å². The molecule has 0 amide bonds. The van der Waals surface area contributed by atoms with E-state index in [1.807, 2.05) is 0 Å². The molecular weight excluding hydrogens is 246 g/mol. The van der Waals surface area contributed by atoms with Crippen LogP contribution in [0.1, 0.15) is 12.8 Å². The van der Waals surface area contributed by atoms with Gasteiger partial charge in [-0.05, 0) is 12.8 Å². The van der Waals surface area contributed by atoms with Crippen molar-refractivity contribution in [3.05, 3.63) is 0 Å². The zero-order valence-electron chi connectivity index (χ0n) is 9.97. The van der Waals surface area contributed by atoms with Crippen LogP contribution in [0.4, 0.5) is 0 Å². The van der Waals surface area contributed by atoms with Gasteiger partial charge in [0.1, 0.15) is 24.4 Å². The Hall–Kier alpha value is -0.320. The summed E-state index contributed by atoms with van der Waals surface area (Å²) in [5.41, 5.74) is 0. The number of hydrogen-bond donors (Lipinski definition) is 3. The fraction of sp³-hybridized carbons (Fsp3) is 1.00. The van der Waals surface area contributed by atoms with Gasteiger partial charge in [0.2, 0.25) is 0 Å². The Morgan fingerprint density at radius 2 is 1.78 bits per heavy atom. The van der Waals surface area contributed by atoms with Crippen LogP contribution >= 0.6 is 0 Å². The number of ether oxygens (including phenoxy) is 3. The van der Waals surface area contributed by atoms with E-state index in [-0.39, 0.29) is 30.3 Å². The molecule has 4 atom stereocenters. The third-order valence-corrected chi connectivity index (χ3v) is 3.06. The summed E-state index contributed by atoms with van der Waals surface area (Å²) in [6.07, 6.45) is 0.224.